The molecule has 1 atom stereocenters. The quantitative estimate of drug-likeness (QED) is 0.595. The van der Waals surface area contributed by atoms with Gasteiger partial charge < -0.3 is 15.5 Å². The predicted octanol–water partition coefficient (Wildman–Crippen LogP) is 3.03. The summed E-state index contributed by atoms with van der Waals surface area (Å²) in [4.78, 5) is 28.8. The molecule has 2 aliphatic heterocycles. The van der Waals surface area contributed by atoms with Crippen LogP contribution in [0, 0.1) is 25.7 Å². The fraction of sp³-hybridized carbons (Fsp3) is 0.480. The summed E-state index contributed by atoms with van der Waals surface area (Å²) >= 11 is 6.08. The van der Waals surface area contributed by atoms with E-state index in [1.807, 2.05) is 47.7 Å². The predicted molar refractivity (Wildman–Crippen MR) is 135 cm³/mol. The SMILES string of the molecule is Cc1nnc(N2CCC[C@@H](C(=O)N3CCC(C(N)=O)CC3)C2)c2nn(-c3ccc(Cl)cc3)c(C)c12. The van der Waals surface area contributed by atoms with E-state index in [0.717, 1.165) is 47.4 Å². The number of nitrogens with zero attached hydrogens (tertiary/aromatic N) is 6. The number of halogens is 1. The molecule has 4 heterocycles. The third kappa shape index (κ3) is 4.45. The summed E-state index contributed by atoms with van der Waals surface area (Å²) in [6.45, 7) is 6.52. The number of rotatable bonds is 4. The van der Waals surface area contributed by atoms with Crippen molar-refractivity contribution in [2.75, 3.05) is 31.1 Å². The number of hydrogen-bond donors (Lipinski definition) is 1. The van der Waals surface area contributed by atoms with Crippen LogP contribution in [0.4, 0.5) is 5.82 Å². The Bertz CT molecular complexity index is 1270. The largest absolute Gasteiger partial charge is 0.369 e. The van der Waals surface area contributed by atoms with Crippen molar-refractivity contribution in [3.05, 3.63) is 40.7 Å². The zero-order valence-corrected chi connectivity index (χ0v) is 20.8. The first-order valence-electron chi connectivity index (χ1n) is 12.1. The highest BCUT2D eigenvalue weighted by Gasteiger charge is 2.34. The van der Waals surface area contributed by atoms with Gasteiger partial charge in [0.05, 0.1) is 28.4 Å². The molecule has 2 aliphatic rings. The molecule has 184 valence electrons. The summed E-state index contributed by atoms with van der Waals surface area (Å²) in [5.41, 5.74) is 8.97. The van der Waals surface area contributed by atoms with Crippen molar-refractivity contribution in [1.82, 2.24) is 24.9 Å². The number of anilines is 1. The maximum absolute atomic E-state index is 13.3. The number of benzene rings is 1. The van der Waals surface area contributed by atoms with Gasteiger partial charge in [0, 0.05) is 37.1 Å². The number of hydrogen-bond acceptors (Lipinski definition) is 6. The van der Waals surface area contributed by atoms with E-state index in [4.69, 9.17) is 22.4 Å². The van der Waals surface area contributed by atoms with Crippen LogP contribution in [0.25, 0.3) is 16.6 Å². The van der Waals surface area contributed by atoms with E-state index in [1.54, 1.807) is 0 Å². The summed E-state index contributed by atoms with van der Waals surface area (Å²) < 4.78 is 1.90. The summed E-state index contributed by atoms with van der Waals surface area (Å²) in [6, 6.07) is 7.57. The molecule has 35 heavy (non-hydrogen) atoms. The van der Waals surface area contributed by atoms with Gasteiger partial charge in [-0.05, 0) is 63.8 Å². The maximum atomic E-state index is 13.3. The van der Waals surface area contributed by atoms with Crippen LogP contribution in [0.3, 0.4) is 0 Å². The molecule has 0 radical (unpaired) electrons. The zero-order chi connectivity index (χ0) is 24.7. The van der Waals surface area contributed by atoms with Crippen molar-refractivity contribution in [2.24, 2.45) is 17.6 Å². The first kappa shape index (κ1) is 23.5. The lowest BCUT2D eigenvalue weighted by molar-refractivity contribution is -0.138. The van der Waals surface area contributed by atoms with Crippen molar-refractivity contribution in [1.29, 1.82) is 0 Å². The average molecular weight is 496 g/mol. The molecule has 2 aromatic heterocycles. The Morgan fingerprint density at radius 3 is 2.40 bits per heavy atom. The Kier molecular flexibility index (Phi) is 6.35. The Hall–Kier alpha value is -3.20. The molecule has 0 bridgehead atoms. The van der Waals surface area contributed by atoms with Gasteiger partial charge in [0.1, 0.15) is 5.52 Å². The monoisotopic (exact) mass is 495 g/mol. The van der Waals surface area contributed by atoms with E-state index in [9.17, 15) is 9.59 Å². The number of primary amides is 1. The molecular weight excluding hydrogens is 466 g/mol. The molecule has 10 heteroatoms. The van der Waals surface area contributed by atoms with Crippen LogP contribution in [0.5, 0.6) is 0 Å². The first-order chi connectivity index (χ1) is 16.8. The van der Waals surface area contributed by atoms with Crippen LogP contribution in [-0.4, -0.2) is 62.9 Å². The summed E-state index contributed by atoms with van der Waals surface area (Å²) in [5.74, 6) is 0.350. The maximum Gasteiger partial charge on any atom is 0.227 e. The fourth-order valence-electron chi connectivity index (χ4n) is 5.37. The van der Waals surface area contributed by atoms with Gasteiger partial charge in [0.2, 0.25) is 11.8 Å². The molecule has 0 spiro atoms. The van der Waals surface area contributed by atoms with Gasteiger partial charge in [-0.2, -0.15) is 10.2 Å². The van der Waals surface area contributed by atoms with E-state index in [2.05, 4.69) is 15.1 Å². The number of likely N-dealkylation sites (tertiary alicyclic amines) is 1. The molecule has 0 aliphatic carbocycles. The lowest BCUT2D eigenvalue weighted by atomic mass is 9.92. The van der Waals surface area contributed by atoms with E-state index in [1.165, 1.54) is 0 Å². The number of carbonyl (C=O) groups is 2. The van der Waals surface area contributed by atoms with Crippen molar-refractivity contribution in [3.63, 3.8) is 0 Å². The minimum Gasteiger partial charge on any atom is -0.369 e. The third-order valence-electron chi connectivity index (χ3n) is 7.34. The van der Waals surface area contributed by atoms with Crippen LogP contribution in [0.15, 0.2) is 24.3 Å². The van der Waals surface area contributed by atoms with Crippen LogP contribution in [0.2, 0.25) is 5.02 Å². The van der Waals surface area contributed by atoms with Gasteiger partial charge in [0.15, 0.2) is 5.82 Å². The van der Waals surface area contributed by atoms with Crippen molar-refractivity contribution in [3.8, 4) is 5.69 Å². The smallest absolute Gasteiger partial charge is 0.227 e. The molecule has 1 aromatic carbocycles. The lowest BCUT2D eigenvalue weighted by Gasteiger charge is -2.37. The third-order valence-corrected chi connectivity index (χ3v) is 7.59. The van der Waals surface area contributed by atoms with Gasteiger partial charge in [-0.3, -0.25) is 9.59 Å². The molecule has 0 unspecified atom stereocenters. The highest BCUT2D eigenvalue weighted by Crippen LogP contribution is 2.32. The number of aryl methyl sites for hydroxylation is 2. The molecule has 5 rings (SSSR count). The number of amides is 2. The number of nitrogens with two attached hydrogens (primary N) is 1. The standard InChI is InChI=1S/C25H30ClN7O2/c1-15-21-16(2)33(20-7-5-19(26)6-8-20)30-22(21)24(29-28-15)32-11-3-4-18(14-32)25(35)31-12-9-17(10-13-31)23(27)34/h5-8,17-18H,3-4,9-14H2,1-2H3,(H2,27,34)/t18-/m1/s1. The average Bonchev–Trinajstić information content (AvgIpc) is 3.22. The Labute approximate surface area is 209 Å². The second kappa shape index (κ2) is 9.45. The van der Waals surface area contributed by atoms with Crippen LogP contribution >= 0.6 is 11.6 Å². The van der Waals surface area contributed by atoms with Gasteiger partial charge in [-0.1, -0.05) is 11.6 Å². The normalized spacial score (nSPS) is 19.3. The molecule has 2 amide bonds. The van der Waals surface area contributed by atoms with Crippen molar-refractivity contribution < 1.29 is 9.59 Å². The molecular formula is C25H30ClN7O2. The molecule has 3 aromatic rings. The first-order valence-corrected chi connectivity index (χ1v) is 12.5. The summed E-state index contributed by atoms with van der Waals surface area (Å²) in [5, 5.41) is 15.5. The van der Waals surface area contributed by atoms with Crippen molar-refractivity contribution in [2.45, 2.75) is 39.5 Å². The number of fused-ring (bicyclic) bond motifs is 1. The summed E-state index contributed by atoms with van der Waals surface area (Å²) in [6.07, 6.45) is 3.01. The van der Waals surface area contributed by atoms with Gasteiger partial charge >= 0.3 is 0 Å². The lowest BCUT2D eigenvalue weighted by Crippen LogP contribution is -2.48. The second-order valence-electron chi connectivity index (χ2n) is 9.59. The van der Waals surface area contributed by atoms with Gasteiger partial charge in [-0.25, -0.2) is 4.68 Å². The number of piperidine rings is 2. The fourth-order valence-corrected chi connectivity index (χ4v) is 5.50. The Morgan fingerprint density at radius 2 is 1.71 bits per heavy atom. The minimum absolute atomic E-state index is 0.119. The Morgan fingerprint density at radius 1 is 1.00 bits per heavy atom. The molecule has 0 saturated carbocycles. The molecule has 2 saturated heterocycles. The van der Waals surface area contributed by atoms with Crippen LogP contribution in [-0.2, 0) is 9.59 Å². The number of carbonyl (C=O) groups excluding carboxylic acids is 2. The minimum atomic E-state index is -0.267. The second-order valence-corrected chi connectivity index (χ2v) is 10.0. The topological polar surface area (TPSA) is 110 Å². The zero-order valence-electron chi connectivity index (χ0n) is 20.1. The van der Waals surface area contributed by atoms with E-state index >= 15 is 0 Å². The highest BCUT2D eigenvalue weighted by molar-refractivity contribution is 6.30. The van der Waals surface area contributed by atoms with E-state index < -0.39 is 0 Å². The molecule has 2 N–H and O–H groups in total. The van der Waals surface area contributed by atoms with Crippen LogP contribution < -0.4 is 10.6 Å². The number of aromatic nitrogens is 4. The highest BCUT2D eigenvalue weighted by atomic mass is 35.5. The molecule has 2 fully saturated rings. The van der Waals surface area contributed by atoms with Crippen LogP contribution in [0.1, 0.15) is 37.1 Å². The summed E-state index contributed by atoms with van der Waals surface area (Å²) in [7, 11) is 0. The van der Waals surface area contributed by atoms with E-state index in [0.29, 0.717) is 43.3 Å². The Balaban J connectivity index is 1.40. The van der Waals surface area contributed by atoms with Crippen molar-refractivity contribution >= 4 is 40.1 Å². The van der Waals surface area contributed by atoms with Gasteiger partial charge in [0.25, 0.3) is 0 Å². The van der Waals surface area contributed by atoms with E-state index in [-0.39, 0.29) is 23.7 Å². The van der Waals surface area contributed by atoms with Gasteiger partial charge in [-0.15, -0.1) is 5.10 Å². The molecule has 9 nitrogen and oxygen atoms in total.